The average Bonchev–Trinajstić information content (AvgIpc) is 3.22. The molecule has 0 bridgehead atoms. The molecule has 5 nitrogen and oxygen atoms in total. The molecule has 1 fully saturated rings. The number of hydrogen-bond donors (Lipinski definition) is 1. The monoisotopic (exact) mass is 488 g/mol. The third-order valence-corrected chi connectivity index (χ3v) is 7.27. The standard InChI is InChI=1S/C24H26Cl2N4OS/c1-16-3-5-19(11-17(16)2)22-15-32-24(27-22)28-23(31)14-30-9-7-29(8-10-30)13-18-4-6-20(25)21(26)12-18/h3-6,11-12,15H,7-10,13-14H2,1-2H3,(H,27,28,31). The number of aryl methyl sites for hydroxylation is 2. The Morgan fingerprint density at radius 2 is 1.75 bits per heavy atom. The van der Waals surface area contributed by atoms with Crippen molar-refractivity contribution < 1.29 is 4.79 Å². The van der Waals surface area contributed by atoms with E-state index in [1.807, 2.05) is 23.6 Å². The van der Waals surface area contributed by atoms with E-state index in [1.165, 1.54) is 22.5 Å². The number of anilines is 1. The van der Waals surface area contributed by atoms with Crippen molar-refractivity contribution in [3.05, 3.63) is 68.5 Å². The van der Waals surface area contributed by atoms with Gasteiger partial charge in [-0.25, -0.2) is 4.98 Å². The molecule has 0 spiro atoms. The molecule has 32 heavy (non-hydrogen) atoms. The topological polar surface area (TPSA) is 48.5 Å². The summed E-state index contributed by atoms with van der Waals surface area (Å²) in [5.74, 6) is -0.0241. The van der Waals surface area contributed by atoms with Crippen LogP contribution < -0.4 is 5.32 Å². The van der Waals surface area contributed by atoms with E-state index in [2.05, 4.69) is 52.1 Å². The van der Waals surface area contributed by atoms with Gasteiger partial charge in [-0.2, -0.15) is 0 Å². The number of carbonyl (C=O) groups excluding carboxylic acids is 1. The highest BCUT2D eigenvalue weighted by Crippen LogP contribution is 2.27. The van der Waals surface area contributed by atoms with Gasteiger partial charge < -0.3 is 5.32 Å². The number of benzene rings is 2. The van der Waals surface area contributed by atoms with Crippen molar-refractivity contribution in [2.24, 2.45) is 0 Å². The Morgan fingerprint density at radius 1 is 1.00 bits per heavy atom. The molecular formula is C24H26Cl2N4OS. The maximum Gasteiger partial charge on any atom is 0.240 e. The number of rotatable bonds is 6. The Bertz CT molecular complexity index is 1110. The Kier molecular flexibility index (Phi) is 7.48. The minimum Gasteiger partial charge on any atom is -0.301 e. The minimum atomic E-state index is -0.0241. The fourth-order valence-corrected chi connectivity index (χ4v) is 4.78. The Balaban J connectivity index is 1.25. The van der Waals surface area contributed by atoms with Crippen molar-refractivity contribution in [2.45, 2.75) is 20.4 Å². The molecule has 0 radical (unpaired) electrons. The molecule has 0 unspecified atom stereocenters. The molecule has 1 aliphatic rings. The van der Waals surface area contributed by atoms with Gasteiger partial charge in [0.1, 0.15) is 0 Å². The number of aromatic nitrogens is 1. The van der Waals surface area contributed by atoms with E-state index in [-0.39, 0.29) is 5.91 Å². The van der Waals surface area contributed by atoms with Crippen LogP contribution in [-0.4, -0.2) is 53.4 Å². The summed E-state index contributed by atoms with van der Waals surface area (Å²) in [6, 6.07) is 12.1. The van der Waals surface area contributed by atoms with Crippen molar-refractivity contribution in [1.82, 2.24) is 14.8 Å². The number of halogens is 2. The predicted octanol–water partition coefficient (Wildman–Crippen LogP) is 5.49. The highest BCUT2D eigenvalue weighted by Gasteiger charge is 2.20. The summed E-state index contributed by atoms with van der Waals surface area (Å²) in [6.45, 7) is 8.90. The van der Waals surface area contributed by atoms with Gasteiger partial charge in [-0.3, -0.25) is 14.6 Å². The highest BCUT2D eigenvalue weighted by molar-refractivity contribution is 7.14. The number of thiazole rings is 1. The number of piperazine rings is 1. The van der Waals surface area contributed by atoms with Crippen LogP contribution in [0.3, 0.4) is 0 Å². The highest BCUT2D eigenvalue weighted by atomic mass is 35.5. The van der Waals surface area contributed by atoms with Crippen LogP contribution in [0.5, 0.6) is 0 Å². The quantitative estimate of drug-likeness (QED) is 0.498. The average molecular weight is 489 g/mol. The third-order valence-electron chi connectivity index (χ3n) is 5.78. The van der Waals surface area contributed by atoms with E-state index in [0.717, 1.165) is 49.5 Å². The molecule has 0 aliphatic carbocycles. The predicted molar refractivity (Wildman–Crippen MR) is 134 cm³/mol. The van der Waals surface area contributed by atoms with Crippen molar-refractivity contribution in [2.75, 3.05) is 38.0 Å². The van der Waals surface area contributed by atoms with Crippen LogP contribution in [0.4, 0.5) is 5.13 Å². The maximum atomic E-state index is 12.5. The van der Waals surface area contributed by atoms with Crippen LogP contribution in [0.15, 0.2) is 41.8 Å². The Labute approximate surface area is 203 Å². The van der Waals surface area contributed by atoms with Crippen LogP contribution in [0.25, 0.3) is 11.3 Å². The first kappa shape index (κ1) is 23.2. The van der Waals surface area contributed by atoms with Gasteiger partial charge in [0.2, 0.25) is 5.91 Å². The molecular weight excluding hydrogens is 463 g/mol. The molecule has 1 aromatic heterocycles. The van der Waals surface area contributed by atoms with E-state index >= 15 is 0 Å². The van der Waals surface area contributed by atoms with Gasteiger partial charge in [0.05, 0.1) is 22.3 Å². The Morgan fingerprint density at radius 3 is 2.47 bits per heavy atom. The largest absolute Gasteiger partial charge is 0.301 e. The van der Waals surface area contributed by atoms with Crippen LogP contribution >= 0.6 is 34.5 Å². The van der Waals surface area contributed by atoms with Crippen molar-refractivity contribution in [3.8, 4) is 11.3 Å². The molecule has 0 atom stereocenters. The molecule has 1 aliphatic heterocycles. The van der Waals surface area contributed by atoms with E-state index in [4.69, 9.17) is 23.2 Å². The lowest BCUT2D eigenvalue weighted by atomic mass is 10.1. The molecule has 2 heterocycles. The summed E-state index contributed by atoms with van der Waals surface area (Å²) in [4.78, 5) is 21.7. The number of nitrogens with zero attached hydrogens (tertiary/aromatic N) is 3. The van der Waals surface area contributed by atoms with Crippen LogP contribution in [-0.2, 0) is 11.3 Å². The molecule has 2 aromatic carbocycles. The zero-order valence-corrected chi connectivity index (χ0v) is 20.5. The van der Waals surface area contributed by atoms with Gasteiger partial charge in [-0.1, -0.05) is 41.4 Å². The molecule has 0 saturated carbocycles. The summed E-state index contributed by atoms with van der Waals surface area (Å²) < 4.78 is 0. The molecule has 8 heteroatoms. The molecule has 1 saturated heterocycles. The number of carbonyl (C=O) groups is 1. The summed E-state index contributed by atoms with van der Waals surface area (Å²) in [5.41, 5.74) is 5.61. The first-order chi connectivity index (χ1) is 15.4. The van der Waals surface area contributed by atoms with E-state index < -0.39 is 0 Å². The second-order valence-corrected chi connectivity index (χ2v) is 9.86. The van der Waals surface area contributed by atoms with Gasteiger partial charge in [0.15, 0.2) is 5.13 Å². The van der Waals surface area contributed by atoms with Gasteiger partial charge in [0.25, 0.3) is 0 Å². The number of hydrogen-bond acceptors (Lipinski definition) is 5. The first-order valence-electron chi connectivity index (χ1n) is 10.6. The van der Waals surface area contributed by atoms with Crippen molar-refractivity contribution >= 4 is 45.6 Å². The second kappa shape index (κ2) is 10.3. The first-order valence-corrected chi connectivity index (χ1v) is 12.2. The number of amides is 1. The smallest absolute Gasteiger partial charge is 0.240 e. The fraction of sp³-hybridized carbons (Fsp3) is 0.333. The fourth-order valence-electron chi connectivity index (χ4n) is 3.73. The second-order valence-electron chi connectivity index (χ2n) is 8.19. The van der Waals surface area contributed by atoms with Crippen molar-refractivity contribution in [1.29, 1.82) is 0 Å². The lowest BCUT2D eigenvalue weighted by Crippen LogP contribution is -2.48. The molecule has 4 rings (SSSR count). The van der Waals surface area contributed by atoms with Crippen molar-refractivity contribution in [3.63, 3.8) is 0 Å². The van der Waals surface area contributed by atoms with Crippen LogP contribution in [0.1, 0.15) is 16.7 Å². The molecule has 1 N–H and O–H groups in total. The molecule has 1 amide bonds. The van der Waals surface area contributed by atoms with Gasteiger partial charge in [-0.15, -0.1) is 11.3 Å². The minimum absolute atomic E-state index is 0.0241. The summed E-state index contributed by atoms with van der Waals surface area (Å²) in [5, 5.41) is 6.74. The van der Waals surface area contributed by atoms with Gasteiger partial charge in [-0.05, 0) is 48.7 Å². The zero-order valence-electron chi connectivity index (χ0n) is 18.2. The lowest BCUT2D eigenvalue weighted by molar-refractivity contribution is -0.117. The van der Waals surface area contributed by atoms with Crippen LogP contribution in [0, 0.1) is 13.8 Å². The summed E-state index contributed by atoms with van der Waals surface area (Å²) >= 11 is 13.6. The Hall–Kier alpha value is -1.96. The summed E-state index contributed by atoms with van der Waals surface area (Å²) in [7, 11) is 0. The maximum absolute atomic E-state index is 12.5. The van der Waals surface area contributed by atoms with Gasteiger partial charge >= 0.3 is 0 Å². The number of nitrogens with one attached hydrogen (secondary N) is 1. The molecule has 168 valence electrons. The lowest BCUT2D eigenvalue weighted by Gasteiger charge is -2.34. The summed E-state index contributed by atoms with van der Waals surface area (Å²) in [6.07, 6.45) is 0. The third kappa shape index (κ3) is 5.88. The van der Waals surface area contributed by atoms with Crippen LogP contribution in [0.2, 0.25) is 10.0 Å². The SMILES string of the molecule is Cc1ccc(-c2csc(NC(=O)CN3CCN(Cc4ccc(Cl)c(Cl)c4)CC3)n2)cc1C. The van der Waals surface area contributed by atoms with Gasteiger partial charge in [0, 0.05) is 43.7 Å². The zero-order chi connectivity index (χ0) is 22.7. The van der Waals surface area contributed by atoms with E-state index in [0.29, 0.717) is 21.7 Å². The van der Waals surface area contributed by atoms with E-state index in [1.54, 1.807) is 0 Å². The normalized spacial score (nSPS) is 15.1. The molecule has 3 aromatic rings. The van der Waals surface area contributed by atoms with E-state index in [9.17, 15) is 4.79 Å².